The Bertz CT molecular complexity index is 823. The summed E-state index contributed by atoms with van der Waals surface area (Å²) in [4.78, 5) is 30.8. The summed E-state index contributed by atoms with van der Waals surface area (Å²) >= 11 is 7.42. The Morgan fingerprint density at radius 1 is 1.42 bits per heavy atom. The second kappa shape index (κ2) is 8.31. The van der Waals surface area contributed by atoms with Crippen molar-refractivity contribution in [1.82, 2.24) is 14.5 Å². The van der Waals surface area contributed by atoms with Gasteiger partial charge in [-0.25, -0.2) is 4.98 Å². The van der Waals surface area contributed by atoms with E-state index in [9.17, 15) is 9.59 Å². The highest BCUT2D eigenvalue weighted by Gasteiger charge is 2.29. The standard InChI is InChI=1S/C18H22ClN3O3S/c1-3-25-17(24)12-5-4-8-22(10-12)16(23)11-26-18-20-14-9-13(19)6-7-15(14)21(18)2/h6-7,9,12H,3-5,8,10-11H2,1-2H3. The summed E-state index contributed by atoms with van der Waals surface area (Å²) in [5.41, 5.74) is 1.79. The first kappa shape index (κ1) is 19.0. The lowest BCUT2D eigenvalue weighted by molar-refractivity contribution is -0.151. The van der Waals surface area contributed by atoms with Crippen LogP contribution < -0.4 is 0 Å². The van der Waals surface area contributed by atoms with Crippen LogP contribution in [0.5, 0.6) is 0 Å². The number of ether oxygens (including phenoxy) is 1. The Morgan fingerprint density at radius 3 is 3.00 bits per heavy atom. The average molecular weight is 396 g/mol. The summed E-state index contributed by atoms with van der Waals surface area (Å²) < 4.78 is 7.05. The van der Waals surface area contributed by atoms with Gasteiger partial charge in [0.1, 0.15) is 0 Å². The van der Waals surface area contributed by atoms with Gasteiger partial charge in [-0.15, -0.1) is 0 Å². The molecule has 3 rings (SSSR count). The summed E-state index contributed by atoms with van der Waals surface area (Å²) in [5.74, 6) is -0.102. The maximum absolute atomic E-state index is 12.6. The molecule has 8 heteroatoms. The van der Waals surface area contributed by atoms with Gasteiger partial charge in [0.25, 0.3) is 0 Å². The third-order valence-corrected chi connectivity index (χ3v) is 5.77. The van der Waals surface area contributed by atoms with Crippen molar-refractivity contribution in [2.45, 2.75) is 24.9 Å². The van der Waals surface area contributed by atoms with E-state index >= 15 is 0 Å². The largest absolute Gasteiger partial charge is 0.466 e. The molecule has 6 nitrogen and oxygen atoms in total. The number of nitrogens with zero attached hydrogens (tertiary/aromatic N) is 3. The third kappa shape index (κ3) is 4.15. The number of thioether (sulfide) groups is 1. The van der Waals surface area contributed by atoms with Gasteiger partial charge in [-0.1, -0.05) is 23.4 Å². The van der Waals surface area contributed by atoms with E-state index in [1.807, 2.05) is 29.8 Å². The number of halogens is 1. The number of rotatable bonds is 5. The van der Waals surface area contributed by atoms with Crippen LogP contribution in [0.2, 0.25) is 5.02 Å². The zero-order valence-corrected chi connectivity index (χ0v) is 16.5. The number of imidazole rings is 1. The summed E-state index contributed by atoms with van der Waals surface area (Å²) in [6.45, 7) is 3.30. The normalized spacial score (nSPS) is 17.5. The first-order chi connectivity index (χ1) is 12.5. The average Bonchev–Trinajstić information content (AvgIpc) is 2.95. The lowest BCUT2D eigenvalue weighted by Gasteiger charge is -2.31. The predicted octanol–water partition coefficient (Wildman–Crippen LogP) is 3.12. The van der Waals surface area contributed by atoms with Gasteiger partial charge in [-0.2, -0.15) is 0 Å². The Hall–Kier alpha value is -1.73. The Kier molecular flexibility index (Phi) is 6.09. The van der Waals surface area contributed by atoms with Crippen molar-refractivity contribution in [2.24, 2.45) is 13.0 Å². The second-order valence-electron chi connectivity index (χ2n) is 6.31. The van der Waals surface area contributed by atoms with Crippen LogP contribution in [0.4, 0.5) is 0 Å². The lowest BCUT2D eigenvalue weighted by Crippen LogP contribution is -2.43. The molecular formula is C18H22ClN3O3S. The van der Waals surface area contributed by atoms with E-state index in [0.29, 0.717) is 30.5 Å². The number of likely N-dealkylation sites (tertiary alicyclic amines) is 1. The van der Waals surface area contributed by atoms with Crippen LogP contribution in [0.3, 0.4) is 0 Å². The summed E-state index contributed by atoms with van der Waals surface area (Å²) in [6.07, 6.45) is 1.60. The van der Waals surface area contributed by atoms with Crippen molar-refractivity contribution in [2.75, 3.05) is 25.4 Å². The van der Waals surface area contributed by atoms with E-state index in [1.54, 1.807) is 11.8 Å². The van der Waals surface area contributed by atoms with Crippen molar-refractivity contribution in [3.8, 4) is 0 Å². The molecule has 0 N–H and O–H groups in total. The van der Waals surface area contributed by atoms with Gasteiger partial charge in [0, 0.05) is 25.2 Å². The van der Waals surface area contributed by atoms with E-state index in [2.05, 4.69) is 4.98 Å². The molecule has 26 heavy (non-hydrogen) atoms. The summed E-state index contributed by atoms with van der Waals surface area (Å²) in [6, 6.07) is 5.57. The molecule has 1 amide bonds. The quantitative estimate of drug-likeness (QED) is 0.575. The molecule has 1 aromatic carbocycles. The molecule has 2 heterocycles. The molecule has 1 aliphatic rings. The van der Waals surface area contributed by atoms with Crippen LogP contribution >= 0.6 is 23.4 Å². The highest BCUT2D eigenvalue weighted by molar-refractivity contribution is 7.99. The number of carbonyl (C=O) groups is 2. The van der Waals surface area contributed by atoms with Crippen LogP contribution in [0.1, 0.15) is 19.8 Å². The number of hydrogen-bond acceptors (Lipinski definition) is 5. The summed E-state index contributed by atoms with van der Waals surface area (Å²) in [7, 11) is 1.92. The van der Waals surface area contributed by atoms with E-state index in [1.165, 1.54) is 11.8 Å². The Labute approximate surface area is 161 Å². The first-order valence-corrected chi connectivity index (χ1v) is 10.0. The van der Waals surface area contributed by atoms with E-state index < -0.39 is 0 Å². The fraction of sp³-hybridized carbons (Fsp3) is 0.500. The number of aryl methyl sites for hydroxylation is 1. The number of benzene rings is 1. The van der Waals surface area contributed by atoms with Gasteiger partial charge >= 0.3 is 5.97 Å². The molecule has 1 aliphatic heterocycles. The fourth-order valence-electron chi connectivity index (χ4n) is 3.15. The monoisotopic (exact) mass is 395 g/mol. The van der Waals surface area contributed by atoms with E-state index in [4.69, 9.17) is 16.3 Å². The van der Waals surface area contributed by atoms with Crippen molar-refractivity contribution < 1.29 is 14.3 Å². The molecule has 0 spiro atoms. The molecule has 0 saturated carbocycles. The van der Waals surface area contributed by atoms with Gasteiger partial charge < -0.3 is 14.2 Å². The lowest BCUT2D eigenvalue weighted by atomic mass is 9.98. The minimum atomic E-state index is -0.212. The smallest absolute Gasteiger partial charge is 0.310 e. The molecule has 1 atom stereocenters. The molecule has 1 unspecified atom stereocenters. The maximum Gasteiger partial charge on any atom is 0.310 e. The molecule has 0 aliphatic carbocycles. The summed E-state index contributed by atoms with van der Waals surface area (Å²) in [5, 5.41) is 1.41. The number of aromatic nitrogens is 2. The minimum Gasteiger partial charge on any atom is -0.466 e. The zero-order valence-electron chi connectivity index (χ0n) is 14.9. The van der Waals surface area contributed by atoms with Gasteiger partial charge in [-0.3, -0.25) is 9.59 Å². The fourth-order valence-corrected chi connectivity index (χ4v) is 4.21. The van der Waals surface area contributed by atoms with Crippen molar-refractivity contribution in [1.29, 1.82) is 0 Å². The third-order valence-electron chi connectivity index (χ3n) is 4.52. The van der Waals surface area contributed by atoms with Crippen molar-refractivity contribution >= 4 is 46.3 Å². The van der Waals surface area contributed by atoms with Crippen LogP contribution in [-0.4, -0.2) is 51.8 Å². The molecule has 0 bridgehead atoms. The van der Waals surface area contributed by atoms with Gasteiger partial charge in [0.15, 0.2) is 5.16 Å². The number of hydrogen-bond donors (Lipinski definition) is 0. The molecular weight excluding hydrogens is 374 g/mol. The number of esters is 1. The van der Waals surface area contributed by atoms with Crippen molar-refractivity contribution in [3.05, 3.63) is 23.2 Å². The van der Waals surface area contributed by atoms with E-state index in [0.717, 1.165) is 29.0 Å². The molecule has 1 saturated heterocycles. The van der Waals surface area contributed by atoms with Crippen molar-refractivity contribution in [3.63, 3.8) is 0 Å². The number of piperidine rings is 1. The molecule has 2 aromatic rings. The topological polar surface area (TPSA) is 64.4 Å². The first-order valence-electron chi connectivity index (χ1n) is 8.68. The highest BCUT2D eigenvalue weighted by atomic mass is 35.5. The van der Waals surface area contributed by atoms with E-state index in [-0.39, 0.29) is 17.8 Å². The molecule has 140 valence electrons. The van der Waals surface area contributed by atoms with Gasteiger partial charge in [0.2, 0.25) is 5.91 Å². The number of carbonyl (C=O) groups excluding carboxylic acids is 2. The second-order valence-corrected chi connectivity index (χ2v) is 7.68. The highest BCUT2D eigenvalue weighted by Crippen LogP contribution is 2.26. The van der Waals surface area contributed by atoms with Gasteiger partial charge in [0.05, 0.1) is 29.3 Å². The number of amides is 1. The molecule has 1 fully saturated rings. The maximum atomic E-state index is 12.6. The van der Waals surface area contributed by atoms with Gasteiger partial charge in [-0.05, 0) is 38.0 Å². The number of fused-ring (bicyclic) bond motifs is 1. The van der Waals surface area contributed by atoms with Crippen LogP contribution in [-0.2, 0) is 21.4 Å². The predicted molar refractivity (Wildman–Crippen MR) is 102 cm³/mol. The van der Waals surface area contributed by atoms with Crippen LogP contribution in [0.15, 0.2) is 23.4 Å². The molecule has 1 aromatic heterocycles. The Morgan fingerprint density at radius 2 is 2.23 bits per heavy atom. The minimum absolute atomic E-state index is 0.0223. The molecule has 0 radical (unpaired) electrons. The van der Waals surface area contributed by atoms with Crippen LogP contribution in [0.25, 0.3) is 11.0 Å². The Balaban J connectivity index is 1.62. The van der Waals surface area contributed by atoms with Crippen LogP contribution in [0, 0.1) is 5.92 Å². The SMILES string of the molecule is CCOC(=O)C1CCCN(C(=O)CSc2nc3cc(Cl)ccc3n2C)C1. The zero-order chi connectivity index (χ0) is 18.7.